The maximum absolute atomic E-state index is 12.8. The van der Waals surface area contributed by atoms with Crippen LogP contribution in [0.15, 0.2) is 48.5 Å². The standard InChI is InChI=1S/C21H23ClN2O2.ClH/c22-15-7-5-14(6-8-15)13-26-20-4-2-1-3-19(20)21(25)24-18-11-16-9-10-17(12-18)23-16;/h1-8,16-18,23H,9-13H2,(H,24,25);1H. The zero-order valence-electron chi connectivity index (χ0n) is 15.0. The van der Waals surface area contributed by atoms with Gasteiger partial charge in [-0.3, -0.25) is 4.79 Å². The van der Waals surface area contributed by atoms with Gasteiger partial charge < -0.3 is 15.4 Å². The SMILES string of the molecule is Cl.O=C(NC1CC2CCC(C1)N2)c1ccccc1OCc1ccc(Cl)cc1. The molecule has 2 fully saturated rings. The van der Waals surface area contributed by atoms with Crippen LogP contribution in [0.5, 0.6) is 5.75 Å². The zero-order chi connectivity index (χ0) is 17.9. The molecule has 0 radical (unpaired) electrons. The molecule has 2 heterocycles. The molecular weight excluding hydrogens is 383 g/mol. The number of piperidine rings is 1. The summed E-state index contributed by atoms with van der Waals surface area (Å²) in [4.78, 5) is 12.8. The lowest BCUT2D eigenvalue weighted by Gasteiger charge is -2.29. The molecule has 27 heavy (non-hydrogen) atoms. The second kappa shape index (κ2) is 8.96. The normalized spacial score (nSPS) is 23.4. The van der Waals surface area contributed by atoms with Gasteiger partial charge in [-0.25, -0.2) is 0 Å². The van der Waals surface area contributed by atoms with E-state index in [1.54, 1.807) is 0 Å². The van der Waals surface area contributed by atoms with Crippen LogP contribution in [0.4, 0.5) is 0 Å². The highest BCUT2D eigenvalue weighted by Crippen LogP contribution is 2.27. The van der Waals surface area contributed by atoms with E-state index in [4.69, 9.17) is 16.3 Å². The van der Waals surface area contributed by atoms with Crippen LogP contribution in [-0.2, 0) is 6.61 Å². The van der Waals surface area contributed by atoms with Crippen LogP contribution in [0.25, 0.3) is 0 Å². The first kappa shape index (κ1) is 20.0. The van der Waals surface area contributed by atoms with Crippen molar-refractivity contribution in [3.05, 3.63) is 64.7 Å². The molecule has 2 atom stereocenters. The Morgan fingerprint density at radius 1 is 1.07 bits per heavy atom. The first-order valence-corrected chi connectivity index (χ1v) is 9.58. The Balaban J connectivity index is 0.00000210. The molecule has 2 bridgehead atoms. The molecular formula is C21H24Cl2N2O2. The fourth-order valence-corrected chi connectivity index (χ4v) is 4.09. The van der Waals surface area contributed by atoms with E-state index in [1.165, 1.54) is 12.8 Å². The van der Waals surface area contributed by atoms with Gasteiger partial charge in [0.2, 0.25) is 0 Å². The van der Waals surface area contributed by atoms with Gasteiger partial charge in [0.1, 0.15) is 12.4 Å². The fourth-order valence-electron chi connectivity index (χ4n) is 3.96. The maximum atomic E-state index is 12.8. The third kappa shape index (κ3) is 4.95. The van der Waals surface area contributed by atoms with Crippen molar-refractivity contribution < 1.29 is 9.53 Å². The highest BCUT2D eigenvalue weighted by atomic mass is 35.5. The second-order valence-corrected chi connectivity index (χ2v) is 7.63. The number of hydrogen-bond acceptors (Lipinski definition) is 3. The number of amides is 1. The van der Waals surface area contributed by atoms with Crippen LogP contribution >= 0.6 is 24.0 Å². The summed E-state index contributed by atoms with van der Waals surface area (Å²) in [5, 5.41) is 7.51. The number of rotatable bonds is 5. The highest BCUT2D eigenvalue weighted by Gasteiger charge is 2.34. The Bertz CT molecular complexity index is 770. The molecule has 6 heteroatoms. The van der Waals surface area contributed by atoms with Crippen molar-refractivity contribution >= 4 is 29.9 Å². The highest BCUT2D eigenvalue weighted by molar-refractivity contribution is 6.30. The van der Waals surface area contributed by atoms with Gasteiger partial charge >= 0.3 is 0 Å². The summed E-state index contributed by atoms with van der Waals surface area (Å²) in [6, 6.07) is 16.3. The molecule has 2 aromatic carbocycles. The van der Waals surface area contributed by atoms with E-state index >= 15 is 0 Å². The summed E-state index contributed by atoms with van der Waals surface area (Å²) in [6.07, 6.45) is 4.46. The average molecular weight is 407 g/mol. The van der Waals surface area contributed by atoms with Crippen molar-refractivity contribution in [2.24, 2.45) is 0 Å². The number of fused-ring (bicyclic) bond motifs is 2. The van der Waals surface area contributed by atoms with Gasteiger partial charge in [-0.15, -0.1) is 12.4 Å². The van der Waals surface area contributed by atoms with Gasteiger partial charge in [0.05, 0.1) is 5.56 Å². The first-order chi connectivity index (χ1) is 12.7. The number of carbonyl (C=O) groups excluding carboxylic acids is 1. The van der Waals surface area contributed by atoms with Crippen LogP contribution in [0.2, 0.25) is 5.02 Å². The maximum Gasteiger partial charge on any atom is 0.255 e. The molecule has 4 rings (SSSR count). The number of para-hydroxylation sites is 1. The molecule has 0 spiro atoms. The third-order valence-electron chi connectivity index (χ3n) is 5.25. The Hall–Kier alpha value is -1.75. The lowest BCUT2D eigenvalue weighted by atomic mass is 9.99. The van der Waals surface area contributed by atoms with Crippen molar-refractivity contribution in [1.82, 2.24) is 10.6 Å². The molecule has 0 aliphatic carbocycles. The lowest BCUT2D eigenvalue weighted by Crippen LogP contribution is -2.48. The minimum absolute atomic E-state index is 0. The first-order valence-electron chi connectivity index (χ1n) is 9.20. The average Bonchev–Trinajstić information content (AvgIpc) is 3.00. The molecule has 144 valence electrons. The predicted octanol–water partition coefficient (Wildman–Crippen LogP) is 4.35. The zero-order valence-corrected chi connectivity index (χ0v) is 16.6. The molecule has 0 saturated carbocycles. The van der Waals surface area contributed by atoms with Crippen molar-refractivity contribution in [2.75, 3.05) is 0 Å². The Morgan fingerprint density at radius 2 is 1.74 bits per heavy atom. The second-order valence-electron chi connectivity index (χ2n) is 7.19. The summed E-state index contributed by atoms with van der Waals surface area (Å²) in [5.41, 5.74) is 1.60. The van der Waals surface area contributed by atoms with Gasteiger partial charge in [-0.05, 0) is 55.5 Å². The van der Waals surface area contributed by atoms with E-state index in [-0.39, 0.29) is 24.4 Å². The number of carbonyl (C=O) groups is 1. The monoisotopic (exact) mass is 406 g/mol. The Labute approximate surface area is 171 Å². The van der Waals surface area contributed by atoms with Gasteiger partial charge in [-0.2, -0.15) is 0 Å². The van der Waals surface area contributed by atoms with Gasteiger partial charge in [0, 0.05) is 23.1 Å². The summed E-state index contributed by atoms with van der Waals surface area (Å²) >= 11 is 5.91. The number of nitrogens with one attached hydrogen (secondary N) is 2. The van der Waals surface area contributed by atoms with Crippen LogP contribution in [-0.4, -0.2) is 24.0 Å². The largest absolute Gasteiger partial charge is 0.488 e. The van der Waals surface area contributed by atoms with E-state index in [1.807, 2.05) is 48.5 Å². The predicted molar refractivity (Wildman–Crippen MR) is 110 cm³/mol. The molecule has 2 aliphatic heterocycles. The summed E-state index contributed by atoms with van der Waals surface area (Å²) < 4.78 is 5.91. The summed E-state index contributed by atoms with van der Waals surface area (Å²) in [6.45, 7) is 0.402. The number of benzene rings is 2. The van der Waals surface area contributed by atoms with Crippen molar-refractivity contribution in [1.29, 1.82) is 0 Å². The number of hydrogen-bond donors (Lipinski definition) is 2. The minimum Gasteiger partial charge on any atom is -0.488 e. The van der Waals surface area contributed by atoms with E-state index in [0.717, 1.165) is 18.4 Å². The minimum atomic E-state index is -0.0528. The molecule has 2 aliphatic rings. The van der Waals surface area contributed by atoms with E-state index < -0.39 is 0 Å². The van der Waals surface area contributed by atoms with E-state index in [2.05, 4.69) is 10.6 Å². The smallest absolute Gasteiger partial charge is 0.255 e. The van der Waals surface area contributed by atoms with Crippen LogP contribution in [0.1, 0.15) is 41.6 Å². The summed E-state index contributed by atoms with van der Waals surface area (Å²) in [7, 11) is 0. The Morgan fingerprint density at radius 3 is 2.44 bits per heavy atom. The lowest BCUT2D eigenvalue weighted by molar-refractivity contribution is 0.0919. The molecule has 0 aromatic heterocycles. The fraction of sp³-hybridized carbons (Fsp3) is 0.381. The van der Waals surface area contributed by atoms with E-state index in [9.17, 15) is 4.79 Å². The van der Waals surface area contributed by atoms with Crippen LogP contribution < -0.4 is 15.4 Å². The van der Waals surface area contributed by atoms with Crippen molar-refractivity contribution in [3.8, 4) is 5.75 Å². The molecule has 1 amide bonds. The van der Waals surface area contributed by atoms with Crippen LogP contribution in [0.3, 0.4) is 0 Å². The molecule has 2 N–H and O–H groups in total. The molecule has 4 nitrogen and oxygen atoms in total. The molecule has 2 saturated heterocycles. The third-order valence-corrected chi connectivity index (χ3v) is 5.50. The van der Waals surface area contributed by atoms with Crippen molar-refractivity contribution in [2.45, 2.75) is 50.4 Å². The number of halogens is 2. The molecule has 2 aromatic rings. The topological polar surface area (TPSA) is 50.4 Å². The van der Waals surface area contributed by atoms with Crippen LogP contribution in [0, 0.1) is 0 Å². The molecule has 2 unspecified atom stereocenters. The van der Waals surface area contributed by atoms with Gasteiger partial charge in [0.25, 0.3) is 5.91 Å². The van der Waals surface area contributed by atoms with Gasteiger partial charge in [-0.1, -0.05) is 35.9 Å². The summed E-state index contributed by atoms with van der Waals surface area (Å²) in [5.74, 6) is 0.555. The number of ether oxygens (including phenoxy) is 1. The van der Waals surface area contributed by atoms with E-state index in [0.29, 0.717) is 35.0 Å². The van der Waals surface area contributed by atoms with Gasteiger partial charge in [0.15, 0.2) is 0 Å². The quantitative estimate of drug-likeness (QED) is 0.775. The van der Waals surface area contributed by atoms with Crippen molar-refractivity contribution in [3.63, 3.8) is 0 Å². The Kier molecular flexibility index (Phi) is 6.64.